The zero-order valence-corrected chi connectivity index (χ0v) is 11.1. The van der Waals surface area contributed by atoms with Gasteiger partial charge in [0.1, 0.15) is 5.52 Å². The molecule has 20 heavy (non-hydrogen) atoms. The maximum absolute atomic E-state index is 12.1. The second-order valence-corrected chi connectivity index (χ2v) is 4.58. The Kier molecular flexibility index (Phi) is 3.16. The summed E-state index contributed by atoms with van der Waals surface area (Å²) in [5, 5.41) is 10.8. The highest BCUT2D eigenvalue weighted by molar-refractivity contribution is 5.97. The first-order valence-corrected chi connectivity index (χ1v) is 6.35. The van der Waals surface area contributed by atoms with Gasteiger partial charge in [0.25, 0.3) is 5.91 Å². The normalized spacial score (nSPS) is 10.7. The summed E-state index contributed by atoms with van der Waals surface area (Å²) in [6.45, 7) is 0.512. The van der Waals surface area contributed by atoms with Crippen molar-refractivity contribution in [3.63, 3.8) is 0 Å². The first-order chi connectivity index (χ1) is 9.74. The van der Waals surface area contributed by atoms with E-state index in [1.165, 1.54) is 0 Å². The number of rotatable bonds is 3. The first kappa shape index (κ1) is 12.3. The van der Waals surface area contributed by atoms with Crippen molar-refractivity contribution < 1.29 is 4.79 Å². The van der Waals surface area contributed by atoms with E-state index in [1.807, 2.05) is 43.4 Å². The molecule has 0 radical (unpaired) electrons. The van der Waals surface area contributed by atoms with Gasteiger partial charge in [0.15, 0.2) is 0 Å². The number of hydrogen-bond acceptors (Lipinski definition) is 3. The molecule has 0 saturated heterocycles. The Balaban J connectivity index is 1.75. The fourth-order valence-electron chi connectivity index (χ4n) is 2.06. The average Bonchev–Trinajstić information content (AvgIpc) is 2.87. The molecule has 0 aliphatic heterocycles. The third-order valence-corrected chi connectivity index (χ3v) is 3.17. The number of aromatic nitrogens is 3. The second-order valence-electron chi connectivity index (χ2n) is 4.58. The number of benzene rings is 2. The Labute approximate surface area is 116 Å². The van der Waals surface area contributed by atoms with Crippen LogP contribution in [0, 0.1) is 0 Å². The molecule has 5 nitrogen and oxygen atoms in total. The molecule has 3 rings (SSSR count). The summed E-state index contributed by atoms with van der Waals surface area (Å²) in [5.41, 5.74) is 3.29. The molecule has 5 heteroatoms. The summed E-state index contributed by atoms with van der Waals surface area (Å²) < 4.78 is 1.68. The van der Waals surface area contributed by atoms with Crippen LogP contribution in [0.2, 0.25) is 0 Å². The molecule has 1 N–H and O–H groups in total. The average molecular weight is 266 g/mol. The van der Waals surface area contributed by atoms with Crippen LogP contribution in [0.25, 0.3) is 11.0 Å². The van der Waals surface area contributed by atoms with E-state index in [9.17, 15) is 4.79 Å². The number of nitrogens with one attached hydrogen (secondary N) is 1. The van der Waals surface area contributed by atoms with Crippen LogP contribution in [0.3, 0.4) is 0 Å². The lowest BCUT2D eigenvalue weighted by molar-refractivity contribution is 0.0951. The van der Waals surface area contributed by atoms with Gasteiger partial charge < -0.3 is 5.32 Å². The molecule has 0 aliphatic carbocycles. The molecular weight excluding hydrogens is 252 g/mol. The molecule has 0 unspecified atom stereocenters. The van der Waals surface area contributed by atoms with E-state index >= 15 is 0 Å². The standard InChI is InChI=1S/C15H14N4O/c1-19-14-8-7-12(9-13(14)17-18-19)15(20)16-10-11-5-3-2-4-6-11/h2-9H,10H2,1H3,(H,16,20). The highest BCUT2D eigenvalue weighted by atomic mass is 16.1. The van der Waals surface area contributed by atoms with Gasteiger partial charge in [-0.3, -0.25) is 4.79 Å². The van der Waals surface area contributed by atoms with Crippen LogP contribution in [0.1, 0.15) is 15.9 Å². The maximum Gasteiger partial charge on any atom is 0.251 e. The summed E-state index contributed by atoms with van der Waals surface area (Å²) in [7, 11) is 1.82. The lowest BCUT2D eigenvalue weighted by atomic mass is 10.1. The van der Waals surface area contributed by atoms with Crippen molar-refractivity contribution in [3.05, 3.63) is 59.7 Å². The van der Waals surface area contributed by atoms with Gasteiger partial charge in [-0.1, -0.05) is 35.5 Å². The molecule has 0 fully saturated rings. The third kappa shape index (κ3) is 2.38. The fraction of sp³-hybridized carbons (Fsp3) is 0.133. The topological polar surface area (TPSA) is 59.8 Å². The third-order valence-electron chi connectivity index (χ3n) is 3.17. The van der Waals surface area contributed by atoms with E-state index < -0.39 is 0 Å². The SMILES string of the molecule is Cn1nnc2cc(C(=O)NCc3ccccc3)ccc21. The molecule has 0 bridgehead atoms. The maximum atomic E-state index is 12.1. The minimum atomic E-state index is -0.110. The van der Waals surface area contributed by atoms with Crippen LogP contribution in [-0.2, 0) is 13.6 Å². The Morgan fingerprint density at radius 3 is 2.80 bits per heavy atom. The molecule has 1 amide bonds. The monoisotopic (exact) mass is 266 g/mol. The minimum absolute atomic E-state index is 0.110. The van der Waals surface area contributed by atoms with E-state index in [0.717, 1.165) is 16.6 Å². The largest absolute Gasteiger partial charge is 0.348 e. The van der Waals surface area contributed by atoms with Crippen molar-refractivity contribution >= 4 is 16.9 Å². The van der Waals surface area contributed by atoms with Crippen LogP contribution in [0.15, 0.2) is 48.5 Å². The minimum Gasteiger partial charge on any atom is -0.348 e. The van der Waals surface area contributed by atoms with Gasteiger partial charge in [-0.25, -0.2) is 4.68 Å². The van der Waals surface area contributed by atoms with Crippen molar-refractivity contribution in [2.45, 2.75) is 6.54 Å². The van der Waals surface area contributed by atoms with Crippen LogP contribution in [0.5, 0.6) is 0 Å². The number of carbonyl (C=O) groups is 1. The Morgan fingerprint density at radius 1 is 1.20 bits per heavy atom. The predicted molar refractivity (Wildman–Crippen MR) is 76.1 cm³/mol. The summed E-state index contributed by atoms with van der Waals surface area (Å²) in [5.74, 6) is -0.110. The molecule has 1 aromatic heterocycles. The number of carbonyl (C=O) groups excluding carboxylic acids is 1. The van der Waals surface area contributed by atoms with Gasteiger partial charge in [0.05, 0.1) is 5.52 Å². The van der Waals surface area contributed by atoms with Crippen molar-refractivity contribution in [3.8, 4) is 0 Å². The zero-order chi connectivity index (χ0) is 13.9. The van der Waals surface area contributed by atoms with Crippen LogP contribution < -0.4 is 5.32 Å². The van der Waals surface area contributed by atoms with E-state index in [4.69, 9.17) is 0 Å². The number of nitrogens with zero attached hydrogens (tertiary/aromatic N) is 3. The van der Waals surface area contributed by atoms with E-state index in [-0.39, 0.29) is 5.91 Å². The quantitative estimate of drug-likeness (QED) is 0.787. The fourth-order valence-corrected chi connectivity index (χ4v) is 2.06. The molecule has 3 aromatic rings. The van der Waals surface area contributed by atoms with Crippen molar-refractivity contribution in [2.24, 2.45) is 7.05 Å². The molecule has 2 aromatic carbocycles. The van der Waals surface area contributed by atoms with Crippen LogP contribution >= 0.6 is 0 Å². The van der Waals surface area contributed by atoms with Gasteiger partial charge in [-0.05, 0) is 23.8 Å². The Bertz CT molecular complexity index is 749. The number of hydrogen-bond donors (Lipinski definition) is 1. The molecule has 0 aliphatic rings. The van der Waals surface area contributed by atoms with Crippen LogP contribution in [-0.4, -0.2) is 20.9 Å². The van der Waals surface area contributed by atoms with Gasteiger partial charge in [0.2, 0.25) is 0 Å². The zero-order valence-electron chi connectivity index (χ0n) is 11.1. The van der Waals surface area contributed by atoms with Crippen LogP contribution in [0.4, 0.5) is 0 Å². The number of fused-ring (bicyclic) bond motifs is 1. The lowest BCUT2D eigenvalue weighted by Gasteiger charge is -2.05. The van der Waals surface area contributed by atoms with Gasteiger partial charge in [-0.2, -0.15) is 0 Å². The first-order valence-electron chi connectivity index (χ1n) is 6.35. The second kappa shape index (κ2) is 5.13. The summed E-state index contributed by atoms with van der Waals surface area (Å²) in [4.78, 5) is 12.1. The highest BCUT2D eigenvalue weighted by Gasteiger charge is 2.08. The smallest absolute Gasteiger partial charge is 0.251 e. The summed E-state index contributed by atoms with van der Waals surface area (Å²) >= 11 is 0. The Hall–Kier alpha value is -2.69. The van der Waals surface area contributed by atoms with Crippen molar-refractivity contribution in [1.29, 1.82) is 0 Å². The van der Waals surface area contributed by atoms with E-state index in [1.54, 1.807) is 16.8 Å². The molecule has 0 spiro atoms. The predicted octanol–water partition coefficient (Wildman–Crippen LogP) is 1.90. The van der Waals surface area contributed by atoms with E-state index in [2.05, 4.69) is 15.6 Å². The molecule has 0 atom stereocenters. The molecule has 0 saturated carbocycles. The molecule has 1 heterocycles. The Morgan fingerprint density at radius 2 is 2.00 bits per heavy atom. The molecule has 100 valence electrons. The highest BCUT2D eigenvalue weighted by Crippen LogP contribution is 2.12. The lowest BCUT2D eigenvalue weighted by Crippen LogP contribution is -2.22. The number of aryl methyl sites for hydroxylation is 1. The van der Waals surface area contributed by atoms with Gasteiger partial charge in [-0.15, -0.1) is 5.10 Å². The molecular formula is C15H14N4O. The van der Waals surface area contributed by atoms with Crippen molar-refractivity contribution in [2.75, 3.05) is 0 Å². The summed E-state index contributed by atoms with van der Waals surface area (Å²) in [6.07, 6.45) is 0. The number of amides is 1. The van der Waals surface area contributed by atoms with Crippen molar-refractivity contribution in [1.82, 2.24) is 20.3 Å². The van der Waals surface area contributed by atoms with Gasteiger partial charge >= 0.3 is 0 Å². The van der Waals surface area contributed by atoms with E-state index in [0.29, 0.717) is 12.1 Å². The van der Waals surface area contributed by atoms with Gasteiger partial charge in [0, 0.05) is 19.2 Å². The summed E-state index contributed by atoms with van der Waals surface area (Å²) in [6, 6.07) is 15.2.